The number of furan rings is 1. The number of carbonyl (C=O) groups excluding carboxylic acids is 1. The number of nitrogens with one attached hydrogen (secondary N) is 3. The second-order valence-corrected chi connectivity index (χ2v) is 7.65. The Morgan fingerprint density at radius 2 is 1.97 bits per heavy atom. The van der Waals surface area contributed by atoms with E-state index in [0.717, 1.165) is 43.2 Å². The zero-order chi connectivity index (χ0) is 21.2. The van der Waals surface area contributed by atoms with E-state index in [1.54, 1.807) is 13.3 Å². The van der Waals surface area contributed by atoms with Crippen molar-refractivity contribution in [2.75, 3.05) is 26.7 Å². The summed E-state index contributed by atoms with van der Waals surface area (Å²) in [5.74, 6) is 1.42. The van der Waals surface area contributed by atoms with Crippen molar-refractivity contribution in [2.45, 2.75) is 45.3 Å². The predicted octanol–water partition coefficient (Wildman–Crippen LogP) is 3.37. The third-order valence-corrected chi connectivity index (χ3v) is 5.34. The van der Waals surface area contributed by atoms with Crippen molar-refractivity contribution in [3.05, 3.63) is 59.5 Å². The van der Waals surface area contributed by atoms with Gasteiger partial charge in [-0.3, -0.25) is 9.79 Å². The minimum absolute atomic E-state index is 0. The molecule has 1 aliphatic rings. The highest BCUT2D eigenvalue weighted by Gasteiger charge is 2.19. The van der Waals surface area contributed by atoms with Gasteiger partial charge < -0.3 is 25.3 Å². The number of guanidine groups is 1. The Kier molecular flexibility index (Phi) is 10.9. The molecule has 1 saturated heterocycles. The Morgan fingerprint density at radius 1 is 1.16 bits per heavy atom. The molecule has 3 rings (SSSR count). The van der Waals surface area contributed by atoms with Gasteiger partial charge in [0.15, 0.2) is 5.96 Å². The molecule has 1 aromatic carbocycles. The molecule has 1 aliphatic heterocycles. The third kappa shape index (κ3) is 8.17. The summed E-state index contributed by atoms with van der Waals surface area (Å²) in [7, 11) is 1.79. The number of carbonyl (C=O) groups is 1. The molecule has 170 valence electrons. The van der Waals surface area contributed by atoms with Gasteiger partial charge in [-0.25, -0.2) is 0 Å². The highest BCUT2D eigenvalue weighted by molar-refractivity contribution is 14.0. The Hall–Kier alpha value is -2.07. The van der Waals surface area contributed by atoms with Crippen LogP contribution in [0, 0.1) is 0 Å². The first-order valence-electron chi connectivity index (χ1n) is 10.8. The first kappa shape index (κ1) is 25.2. The minimum Gasteiger partial charge on any atom is -0.467 e. The number of benzene rings is 1. The number of hydrogen-bond donors (Lipinski definition) is 3. The molecule has 8 heteroatoms. The standard InChI is InChI=1S/C23H33N5O2.HI/c1-3-11-28-12-9-20(10-13-28)27-23(24-2)26-16-18-6-4-7-19(15-18)22(29)25-17-21-8-5-14-30-21;/h4-8,14-15,20H,3,9-13,16-17H2,1-2H3,(H,25,29)(H2,24,26,27);1H. The molecule has 0 aliphatic carbocycles. The summed E-state index contributed by atoms with van der Waals surface area (Å²) in [6, 6.07) is 11.7. The van der Waals surface area contributed by atoms with E-state index in [2.05, 4.69) is 32.8 Å². The van der Waals surface area contributed by atoms with Gasteiger partial charge >= 0.3 is 0 Å². The fourth-order valence-electron chi connectivity index (χ4n) is 3.70. The predicted molar refractivity (Wildman–Crippen MR) is 135 cm³/mol. The van der Waals surface area contributed by atoms with Crippen LogP contribution < -0.4 is 16.0 Å². The Morgan fingerprint density at radius 3 is 2.65 bits per heavy atom. The molecular formula is C23H34IN5O2. The first-order chi connectivity index (χ1) is 14.7. The maximum atomic E-state index is 12.4. The summed E-state index contributed by atoms with van der Waals surface area (Å²) in [5, 5.41) is 9.78. The highest BCUT2D eigenvalue weighted by atomic mass is 127. The first-order valence-corrected chi connectivity index (χ1v) is 10.8. The lowest BCUT2D eigenvalue weighted by Gasteiger charge is -2.32. The highest BCUT2D eigenvalue weighted by Crippen LogP contribution is 2.11. The van der Waals surface area contributed by atoms with Crippen molar-refractivity contribution in [1.82, 2.24) is 20.9 Å². The summed E-state index contributed by atoms with van der Waals surface area (Å²) in [5.41, 5.74) is 1.66. The number of halogens is 1. The van der Waals surface area contributed by atoms with E-state index >= 15 is 0 Å². The van der Waals surface area contributed by atoms with Crippen molar-refractivity contribution < 1.29 is 9.21 Å². The van der Waals surface area contributed by atoms with Crippen LogP contribution in [0.5, 0.6) is 0 Å². The summed E-state index contributed by atoms with van der Waals surface area (Å²) in [6.07, 6.45) is 5.07. The van der Waals surface area contributed by atoms with Crippen molar-refractivity contribution in [2.24, 2.45) is 4.99 Å². The van der Waals surface area contributed by atoms with E-state index in [-0.39, 0.29) is 29.9 Å². The number of piperidine rings is 1. The maximum absolute atomic E-state index is 12.4. The fourth-order valence-corrected chi connectivity index (χ4v) is 3.70. The van der Waals surface area contributed by atoms with Crippen molar-refractivity contribution >= 4 is 35.8 Å². The second-order valence-electron chi connectivity index (χ2n) is 7.65. The van der Waals surface area contributed by atoms with E-state index in [4.69, 9.17) is 4.42 Å². The van der Waals surface area contributed by atoms with Gasteiger partial charge in [0.05, 0.1) is 12.8 Å². The Labute approximate surface area is 202 Å². The second kappa shape index (κ2) is 13.4. The number of amides is 1. The lowest BCUT2D eigenvalue weighted by molar-refractivity contribution is 0.0948. The van der Waals surface area contributed by atoms with Gasteiger partial charge in [-0.05, 0) is 55.6 Å². The monoisotopic (exact) mass is 539 g/mol. The van der Waals surface area contributed by atoms with Gasteiger partial charge in [0, 0.05) is 38.3 Å². The lowest BCUT2D eigenvalue weighted by atomic mass is 10.1. The number of nitrogens with zero attached hydrogens (tertiary/aromatic N) is 2. The maximum Gasteiger partial charge on any atom is 0.251 e. The molecule has 1 aromatic heterocycles. The number of rotatable bonds is 8. The number of likely N-dealkylation sites (tertiary alicyclic amines) is 1. The van der Waals surface area contributed by atoms with Crippen molar-refractivity contribution in [1.29, 1.82) is 0 Å². The van der Waals surface area contributed by atoms with Gasteiger partial charge in [0.1, 0.15) is 5.76 Å². The van der Waals surface area contributed by atoms with Gasteiger partial charge in [-0.1, -0.05) is 19.1 Å². The molecular weight excluding hydrogens is 505 g/mol. The molecule has 31 heavy (non-hydrogen) atoms. The topological polar surface area (TPSA) is 81.9 Å². The van der Waals surface area contributed by atoms with Gasteiger partial charge in [0.2, 0.25) is 0 Å². The van der Waals surface area contributed by atoms with Crippen LogP contribution in [-0.4, -0.2) is 49.5 Å². The molecule has 2 heterocycles. The number of aliphatic imine (C=N–C) groups is 1. The van der Waals surface area contributed by atoms with Gasteiger partial charge in [0.25, 0.3) is 5.91 Å². The van der Waals surface area contributed by atoms with Crippen LogP contribution in [0.3, 0.4) is 0 Å². The molecule has 0 unspecified atom stereocenters. The normalized spacial score (nSPS) is 15.2. The van der Waals surface area contributed by atoms with Crippen LogP contribution in [0.2, 0.25) is 0 Å². The molecule has 0 atom stereocenters. The fraction of sp³-hybridized carbons (Fsp3) is 0.478. The third-order valence-electron chi connectivity index (χ3n) is 5.34. The van der Waals surface area contributed by atoms with Crippen LogP contribution in [0.15, 0.2) is 52.1 Å². The van der Waals surface area contributed by atoms with Crippen LogP contribution in [0.25, 0.3) is 0 Å². The molecule has 7 nitrogen and oxygen atoms in total. The lowest BCUT2D eigenvalue weighted by Crippen LogP contribution is -2.48. The van der Waals surface area contributed by atoms with E-state index in [1.165, 1.54) is 13.0 Å². The molecule has 0 saturated carbocycles. The summed E-state index contributed by atoms with van der Waals surface area (Å²) in [6.45, 7) is 6.67. The summed E-state index contributed by atoms with van der Waals surface area (Å²) < 4.78 is 5.25. The molecule has 0 spiro atoms. The summed E-state index contributed by atoms with van der Waals surface area (Å²) in [4.78, 5) is 19.3. The Balaban J connectivity index is 0.00000341. The van der Waals surface area contributed by atoms with Crippen LogP contribution in [0.1, 0.15) is 47.9 Å². The SMILES string of the molecule is CCCN1CCC(NC(=NC)NCc2cccc(C(=O)NCc3ccco3)c2)CC1.I. The van der Waals surface area contributed by atoms with Crippen LogP contribution >= 0.6 is 24.0 Å². The van der Waals surface area contributed by atoms with E-state index in [1.807, 2.05) is 36.4 Å². The van der Waals surface area contributed by atoms with Crippen LogP contribution in [0.4, 0.5) is 0 Å². The molecule has 0 radical (unpaired) electrons. The zero-order valence-corrected chi connectivity index (χ0v) is 20.7. The molecule has 1 fully saturated rings. The van der Waals surface area contributed by atoms with Gasteiger partial charge in [-0.2, -0.15) is 0 Å². The van der Waals surface area contributed by atoms with E-state index in [0.29, 0.717) is 24.7 Å². The molecule has 2 aromatic rings. The smallest absolute Gasteiger partial charge is 0.251 e. The van der Waals surface area contributed by atoms with Crippen LogP contribution in [-0.2, 0) is 13.1 Å². The van der Waals surface area contributed by atoms with Crippen molar-refractivity contribution in [3.8, 4) is 0 Å². The molecule has 1 amide bonds. The minimum atomic E-state index is -0.116. The Bertz CT molecular complexity index is 817. The number of hydrogen-bond acceptors (Lipinski definition) is 4. The summed E-state index contributed by atoms with van der Waals surface area (Å²) >= 11 is 0. The van der Waals surface area contributed by atoms with E-state index < -0.39 is 0 Å². The average Bonchev–Trinajstić information content (AvgIpc) is 3.30. The van der Waals surface area contributed by atoms with Crippen molar-refractivity contribution in [3.63, 3.8) is 0 Å². The molecule has 3 N–H and O–H groups in total. The van der Waals surface area contributed by atoms with E-state index in [9.17, 15) is 4.79 Å². The quantitative estimate of drug-likeness (QED) is 0.272. The average molecular weight is 539 g/mol. The van der Waals surface area contributed by atoms with Gasteiger partial charge in [-0.15, -0.1) is 24.0 Å². The largest absolute Gasteiger partial charge is 0.467 e. The zero-order valence-electron chi connectivity index (χ0n) is 18.4. The molecule has 0 bridgehead atoms.